The first-order valence-corrected chi connectivity index (χ1v) is 13.6. The standard InChI is InChI=1S/C30H48O4/c1-6-14-30(33,15-7-2)20-34-19-21(3)26-12-13-27-23(9-8-16-29(26,27)5)10-11-24-17-25(31)18-28(32)22(24)4/h10-11,25-28,31-33H,3-4,6-9,12-20H2,1-2,5H3/t25-,26-,27+,28+,29-/m1/s1. The van der Waals surface area contributed by atoms with Crippen LogP contribution in [0.15, 0.2) is 47.6 Å². The molecule has 0 unspecified atom stereocenters. The maximum absolute atomic E-state index is 10.9. The van der Waals surface area contributed by atoms with E-state index in [1.807, 2.05) is 0 Å². The Morgan fingerprint density at radius 1 is 1.18 bits per heavy atom. The van der Waals surface area contributed by atoms with Crippen molar-refractivity contribution in [3.8, 4) is 0 Å². The largest absolute Gasteiger partial charge is 0.393 e. The second-order valence-corrected chi connectivity index (χ2v) is 11.5. The molecule has 3 aliphatic carbocycles. The molecule has 3 N–H and O–H groups in total. The van der Waals surface area contributed by atoms with E-state index in [0.29, 0.717) is 37.9 Å². The van der Waals surface area contributed by atoms with Crippen LogP contribution in [0.25, 0.3) is 0 Å². The van der Waals surface area contributed by atoms with Gasteiger partial charge in [0, 0.05) is 6.42 Å². The predicted molar refractivity (Wildman–Crippen MR) is 139 cm³/mol. The Morgan fingerprint density at radius 3 is 2.56 bits per heavy atom. The van der Waals surface area contributed by atoms with E-state index in [0.717, 1.165) is 56.1 Å². The van der Waals surface area contributed by atoms with Crippen LogP contribution in [0, 0.1) is 17.3 Å². The van der Waals surface area contributed by atoms with Gasteiger partial charge >= 0.3 is 0 Å². The molecular formula is C30H48O4. The number of aliphatic hydroxyl groups excluding tert-OH is 2. The molecule has 4 heteroatoms. The van der Waals surface area contributed by atoms with Gasteiger partial charge < -0.3 is 20.1 Å². The van der Waals surface area contributed by atoms with Crippen LogP contribution in [0.5, 0.6) is 0 Å². The molecule has 3 rings (SSSR count). The first-order valence-electron chi connectivity index (χ1n) is 13.6. The summed E-state index contributed by atoms with van der Waals surface area (Å²) in [6.45, 7) is 16.1. The summed E-state index contributed by atoms with van der Waals surface area (Å²) in [6.07, 6.45) is 13.4. The van der Waals surface area contributed by atoms with E-state index in [9.17, 15) is 15.3 Å². The number of aliphatic hydroxyl groups is 3. The summed E-state index contributed by atoms with van der Waals surface area (Å²) in [5, 5.41) is 31.1. The zero-order chi connectivity index (χ0) is 24.9. The van der Waals surface area contributed by atoms with E-state index in [1.165, 1.54) is 24.0 Å². The highest BCUT2D eigenvalue weighted by Crippen LogP contribution is 2.59. The molecule has 0 bridgehead atoms. The second-order valence-electron chi connectivity index (χ2n) is 11.5. The van der Waals surface area contributed by atoms with Gasteiger partial charge in [-0.25, -0.2) is 0 Å². The van der Waals surface area contributed by atoms with Crippen LogP contribution in [-0.4, -0.2) is 46.3 Å². The lowest BCUT2D eigenvalue weighted by molar-refractivity contribution is -0.0547. The third kappa shape index (κ3) is 6.13. The van der Waals surface area contributed by atoms with Crippen molar-refractivity contribution in [1.82, 2.24) is 0 Å². The summed E-state index contributed by atoms with van der Waals surface area (Å²) in [5.41, 5.74) is 3.86. The molecular weight excluding hydrogens is 424 g/mol. The van der Waals surface area contributed by atoms with Crippen LogP contribution in [0.3, 0.4) is 0 Å². The Labute approximate surface area is 207 Å². The van der Waals surface area contributed by atoms with Crippen molar-refractivity contribution in [2.75, 3.05) is 13.2 Å². The number of hydrogen-bond donors (Lipinski definition) is 3. The minimum Gasteiger partial charge on any atom is -0.393 e. The quantitative estimate of drug-likeness (QED) is 0.340. The average Bonchev–Trinajstić information content (AvgIpc) is 3.13. The zero-order valence-electron chi connectivity index (χ0n) is 21.8. The molecule has 0 saturated heterocycles. The maximum Gasteiger partial charge on any atom is 0.0880 e. The van der Waals surface area contributed by atoms with Crippen molar-refractivity contribution < 1.29 is 20.1 Å². The van der Waals surface area contributed by atoms with Gasteiger partial charge in [0.25, 0.3) is 0 Å². The summed E-state index contributed by atoms with van der Waals surface area (Å²) in [4.78, 5) is 0. The highest BCUT2D eigenvalue weighted by molar-refractivity contribution is 5.39. The van der Waals surface area contributed by atoms with E-state index in [4.69, 9.17) is 4.74 Å². The highest BCUT2D eigenvalue weighted by atomic mass is 16.5. The third-order valence-electron chi connectivity index (χ3n) is 8.81. The molecule has 5 atom stereocenters. The van der Waals surface area contributed by atoms with Gasteiger partial charge in [-0.15, -0.1) is 0 Å². The molecule has 34 heavy (non-hydrogen) atoms. The van der Waals surface area contributed by atoms with Gasteiger partial charge in [-0.3, -0.25) is 0 Å². The summed E-state index contributed by atoms with van der Waals surface area (Å²) >= 11 is 0. The summed E-state index contributed by atoms with van der Waals surface area (Å²) < 4.78 is 6.06. The van der Waals surface area contributed by atoms with Crippen LogP contribution in [0.2, 0.25) is 0 Å². The van der Waals surface area contributed by atoms with Crippen molar-refractivity contribution in [1.29, 1.82) is 0 Å². The van der Waals surface area contributed by atoms with Crippen LogP contribution in [0.1, 0.15) is 91.4 Å². The van der Waals surface area contributed by atoms with Gasteiger partial charge in [-0.2, -0.15) is 0 Å². The first kappa shape index (κ1) is 27.4. The van der Waals surface area contributed by atoms with Crippen LogP contribution >= 0.6 is 0 Å². The van der Waals surface area contributed by atoms with Crippen molar-refractivity contribution in [3.63, 3.8) is 0 Å². The first-order chi connectivity index (χ1) is 16.1. The molecule has 0 aromatic rings. The van der Waals surface area contributed by atoms with Crippen molar-refractivity contribution in [3.05, 3.63) is 47.6 Å². The van der Waals surface area contributed by atoms with E-state index >= 15 is 0 Å². The van der Waals surface area contributed by atoms with Crippen LogP contribution in [-0.2, 0) is 4.74 Å². The van der Waals surface area contributed by atoms with Gasteiger partial charge in [0.2, 0.25) is 0 Å². The predicted octanol–water partition coefficient (Wildman–Crippen LogP) is 6.03. The van der Waals surface area contributed by atoms with Crippen molar-refractivity contribution in [2.45, 2.75) is 109 Å². The fraction of sp³-hybridized carbons (Fsp3) is 0.733. The molecule has 0 aromatic heterocycles. The topological polar surface area (TPSA) is 69.9 Å². The smallest absolute Gasteiger partial charge is 0.0880 e. The number of fused-ring (bicyclic) bond motifs is 1. The van der Waals surface area contributed by atoms with E-state index in [2.05, 4.69) is 46.1 Å². The molecule has 0 heterocycles. The zero-order valence-corrected chi connectivity index (χ0v) is 21.8. The number of hydrogen-bond acceptors (Lipinski definition) is 4. The fourth-order valence-electron chi connectivity index (χ4n) is 7.05. The molecule has 0 amide bonds. The molecule has 3 fully saturated rings. The molecule has 4 nitrogen and oxygen atoms in total. The fourth-order valence-corrected chi connectivity index (χ4v) is 7.05. The normalized spacial score (nSPS) is 34.6. The van der Waals surface area contributed by atoms with Gasteiger partial charge in [-0.1, -0.05) is 64.5 Å². The molecule has 0 aromatic carbocycles. The SMILES string of the molecule is C=C(COCC(O)(CCC)CCC)[C@H]1CC[C@H]2C(=CC=C3C[C@@H](O)C[C@H](O)C3=C)CCC[C@]12C. The lowest BCUT2D eigenvalue weighted by atomic mass is 9.62. The Bertz CT molecular complexity index is 788. The molecule has 3 saturated carbocycles. The minimum absolute atomic E-state index is 0.189. The Morgan fingerprint density at radius 2 is 1.88 bits per heavy atom. The Balaban J connectivity index is 1.65. The molecule has 192 valence electrons. The lowest BCUT2D eigenvalue weighted by Crippen LogP contribution is -2.36. The molecule has 0 aliphatic heterocycles. The lowest BCUT2D eigenvalue weighted by Gasteiger charge is -2.43. The van der Waals surface area contributed by atoms with E-state index in [-0.39, 0.29) is 5.41 Å². The van der Waals surface area contributed by atoms with Gasteiger partial charge in [0.15, 0.2) is 0 Å². The molecule has 0 radical (unpaired) electrons. The van der Waals surface area contributed by atoms with E-state index < -0.39 is 17.8 Å². The maximum atomic E-state index is 10.9. The van der Waals surface area contributed by atoms with Gasteiger partial charge in [0.05, 0.1) is 31.0 Å². The highest BCUT2D eigenvalue weighted by Gasteiger charge is 2.49. The average molecular weight is 473 g/mol. The number of rotatable bonds is 10. The number of allylic oxidation sites excluding steroid dienone is 3. The van der Waals surface area contributed by atoms with E-state index in [1.54, 1.807) is 0 Å². The summed E-state index contributed by atoms with van der Waals surface area (Å²) in [6, 6.07) is 0. The van der Waals surface area contributed by atoms with Gasteiger partial charge in [0.1, 0.15) is 0 Å². The summed E-state index contributed by atoms with van der Waals surface area (Å²) in [7, 11) is 0. The number of ether oxygens (including phenoxy) is 1. The third-order valence-corrected chi connectivity index (χ3v) is 8.81. The van der Waals surface area contributed by atoms with Gasteiger partial charge in [-0.05, 0) is 85.3 Å². The van der Waals surface area contributed by atoms with Crippen molar-refractivity contribution in [2.24, 2.45) is 17.3 Å². The summed E-state index contributed by atoms with van der Waals surface area (Å²) in [5.74, 6) is 0.969. The minimum atomic E-state index is -0.718. The van der Waals surface area contributed by atoms with Crippen LogP contribution in [0.4, 0.5) is 0 Å². The molecule has 0 spiro atoms. The Hall–Kier alpha value is -1.20. The monoisotopic (exact) mass is 472 g/mol. The molecule has 3 aliphatic rings. The van der Waals surface area contributed by atoms with Crippen LogP contribution < -0.4 is 0 Å². The second kappa shape index (κ2) is 11.7. The Kier molecular flexibility index (Phi) is 9.42. The van der Waals surface area contributed by atoms with Crippen molar-refractivity contribution >= 4 is 0 Å².